The topological polar surface area (TPSA) is 205 Å². The van der Waals surface area contributed by atoms with Crippen LogP contribution in [0, 0.1) is 24.2 Å². The van der Waals surface area contributed by atoms with Gasteiger partial charge in [-0.1, -0.05) is 26.0 Å². The Labute approximate surface area is 359 Å². The maximum absolute atomic E-state index is 13.3. The van der Waals surface area contributed by atoms with Gasteiger partial charge in [-0.3, -0.25) is 0 Å². The van der Waals surface area contributed by atoms with Crippen LogP contribution in [0.15, 0.2) is 24.3 Å². The molecule has 0 aromatic heterocycles. The number of carboxylic acids is 1. The highest BCUT2D eigenvalue weighted by Crippen LogP contribution is 2.65. The Morgan fingerprint density at radius 1 is 0.902 bits per heavy atom. The summed E-state index contributed by atoms with van der Waals surface area (Å²) in [4.78, 5) is 24.8. The van der Waals surface area contributed by atoms with Gasteiger partial charge in [-0.2, -0.15) is 8.61 Å². The summed E-state index contributed by atoms with van der Waals surface area (Å²) >= 11 is 0. The Balaban J connectivity index is 0.000000208. The molecule has 2 aromatic rings. The summed E-state index contributed by atoms with van der Waals surface area (Å²) in [5.41, 5.74) is 2.18. The van der Waals surface area contributed by atoms with E-state index in [0.29, 0.717) is 59.6 Å². The number of fused-ring (bicyclic) bond motifs is 1. The smallest absolute Gasteiger partial charge is 0.522 e. The van der Waals surface area contributed by atoms with Gasteiger partial charge in [-0.05, 0) is 119 Å². The van der Waals surface area contributed by atoms with Crippen LogP contribution in [0.3, 0.4) is 0 Å². The van der Waals surface area contributed by atoms with Gasteiger partial charge in [0, 0.05) is 0 Å². The van der Waals surface area contributed by atoms with E-state index >= 15 is 0 Å². The normalized spacial score (nSPS) is 26.3. The molecule has 3 saturated heterocycles. The second-order valence-corrected chi connectivity index (χ2v) is 23.1. The molecule has 2 N–H and O–H groups in total. The number of nitrogens with zero attached hydrogens (tertiary/aromatic N) is 2. The molecule has 0 radical (unpaired) electrons. The van der Waals surface area contributed by atoms with Crippen LogP contribution in [0.4, 0.5) is 0 Å². The van der Waals surface area contributed by atoms with Crippen molar-refractivity contribution >= 4 is 46.2 Å². The first kappa shape index (κ1) is 45.6. The van der Waals surface area contributed by atoms with E-state index in [0.717, 1.165) is 23.8 Å². The van der Waals surface area contributed by atoms with Crippen LogP contribution in [0.25, 0.3) is 0 Å². The van der Waals surface area contributed by atoms with E-state index in [1.807, 2.05) is 33.8 Å². The van der Waals surface area contributed by atoms with Crippen molar-refractivity contribution in [2.24, 2.45) is 17.3 Å². The molecular weight excluding hydrogens is 830 g/mol. The molecule has 3 saturated carbocycles. The third-order valence-electron chi connectivity index (χ3n) is 13.3. The Bertz CT molecular complexity index is 2270. The van der Waals surface area contributed by atoms with E-state index in [1.165, 1.54) is 21.3 Å². The average Bonchev–Trinajstić information content (AvgIpc) is 3.44. The lowest BCUT2D eigenvalue weighted by atomic mass is 9.43. The zero-order chi connectivity index (χ0) is 44.6. The summed E-state index contributed by atoms with van der Waals surface area (Å²) in [6.07, 6.45) is 6.31. The van der Waals surface area contributed by atoms with Gasteiger partial charge in [0.25, 0.3) is 0 Å². The maximum atomic E-state index is 13.3. The van der Waals surface area contributed by atoms with E-state index in [4.69, 9.17) is 28.2 Å². The van der Waals surface area contributed by atoms with E-state index < -0.39 is 50.8 Å². The number of hydrogen-bond donors (Lipinski definition) is 2. The Hall–Kier alpha value is -3.39. The Kier molecular flexibility index (Phi) is 12.2. The minimum Gasteiger partial charge on any atom is -0.535 e. The third-order valence-corrected chi connectivity index (χ3v) is 15.7. The van der Waals surface area contributed by atoms with Gasteiger partial charge < -0.3 is 38.3 Å². The van der Waals surface area contributed by atoms with Crippen molar-refractivity contribution in [3.05, 3.63) is 52.1 Å². The number of esters is 1. The van der Waals surface area contributed by atoms with Crippen molar-refractivity contribution in [1.82, 2.24) is 8.61 Å². The lowest BCUT2D eigenvalue weighted by Crippen LogP contribution is -2.65. The van der Waals surface area contributed by atoms with Gasteiger partial charge in [0.15, 0.2) is 0 Å². The molecule has 4 aliphatic heterocycles. The number of aryl methyl sites for hydroxylation is 2. The molecule has 16 nitrogen and oxygen atoms in total. The van der Waals surface area contributed by atoms with Gasteiger partial charge in [0.1, 0.15) is 46.2 Å². The van der Waals surface area contributed by atoms with Crippen LogP contribution in [-0.2, 0) is 46.9 Å². The third kappa shape index (κ3) is 9.32. The van der Waals surface area contributed by atoms with Crippen LogP contribution in [-0.4, -0.2) is 130 Å². The highest BCUT2D eigenvalue weighted by atomic mass is 32.2. The van der Waals surface area contributed by atoms with Crippen LogP contribution in [0.5, 0.6) is 17.2 Å². The zero-order valence-electron chi connectivity index (χ0n) is 36.4. The quantitative estimate of drug-likeness (QED) is 0.241. The van der Waals surface area contributed by atoms with Gasteiger partial charge in [-0.25, -0.2) is 26.4 Å². The SMILES string of the molecule is CS(=O)(=O)N1CC(Oc2ccc3c(c2C(=O)O)OB(O)CC3)C1.Cc1c(CCB2O[C@@H]3C[C@@H]4C[C@@H](C4(C)C)[C@]3(C)O2)ccc(OC2CN(S(C)(=O)=O)C2)c1C(=O)OC(C)(C)C. The summed E-state index contributed by atoms with van der Waals surface area (Å²) in [5.74, 6) is 0.222. The number of ether oxygens (including phenoxy) is 3. The zero-order valence-corrected chi connectivity index (χ0v) is 38.1. The predicted octanol–water partition coefficient (Wildman–Crippen LogP) is 4.07. The first-order valence-electron chi connectivity index (χ1n) is 20.9. The summed E-state index contributed by atoms with van der Waals surface area (Å²) in [6, 6.07) is 7.04. The van der Waals surface area contributed by atoms with E-state index in [9.17, 15) is 36.6 Å². The molecule has 4 heterocycles. The van der Waals surface area contributed by atoms with Gasteiger partial charge >= 0.3 is 26.2 Å². The number of rotatable bonds is 11. The summed E-state index contributed by atoms with van der Waals surface area (Å²) in [5, 5.41) is 19.0. The Morgan fingerprint density at radius 3 is 2.02 bits per heavy atom. The number of aromatic carboxylic acids is 1. The van der Waals surface area contributed by atoms with E-state index in [-0.39, 0.29) is 68.2 Å². The standard InChI is InChI=1S/C28H42BNO7S.C13H16BNO7S/c1-17-18(11-12-29-36-23-14-19-13-22(27(19,5)6)28(23,7)37-29)9-10-21(24(17)25(31)35-26(2,3)4)34-20-15-30(16-20)38(8,32)33;1-23(19,20)15-6-9(7-15)21-10-3-2-8-4-5-14(18)22-12(8)11(10)13(16)17/h9-10,19-20,22-23H,11-16H2,1-8H3;2-3,9,18H,4-7H2,1H3,(H,16,17)/t19-,22-,23+,28-;/m0./s1. The number of carboxylic acid groups (broad SMARTS) is 1. The summed E-state index contributed by atoms with van der Waals surface area (Å²) in [6.45, 7) is 15.3. The van der Waals surface area contributed by atoms with Gasteiger partial charge in [0.2, 0.25) is 20.0 Å². The number of carbonyl (C=O) groups excluding carboxylic acids is 1. The van der Waals surface area contributed by atoms with E-state index in [2.05, 4.69) is 20.8 Å². The van der Waals surface area contributed by atoms with Crippen LogP contribution in [0.1, 0.15) is 91.8 Å². The molecule has 4 atom stereocenters. The fraction of sp³-hybridized carbons (Fsp3) is 0.659. The second kappa shape index (κ2) is 16.3. The number of carbonyl (C=O) groups is 2. The molecule has 7 aliphatic rings. The lowest BCUT2D eigenvalue weighted by Gasteiger charge is -2.64. The largest absolute Gasteiger partial charge is 0.535 e. The molecule has 0 unspecified atom stereocenters. The molecule has 2 aromatic carbocycles. The fourth-order valence-electron chi connectivity index (χ4n) is 9.60. The van der Waals surface area contributed by atoms with Crippen molar-refractivity contribution < 1.29 is 64.7 Å². The highest BCUT2D eigenvalue weighted by Gasteiger charge is 2.67. The molecule has 9 rings (SSSR count). The first-order chi connectivity index (χ1) is 28.2. The summed E-state index contributed by atoms with van der Waals surface area (Å²) < 4.78 is 84.5. The first-order valence-corrected chi connectivity index (χ1v) is 24.6. The van der Waals surface area contributed by atoms with Crippen molar-refractivity contribution in [1.29, 1.82) is 0 Å². The monoisotopic (exact) mass is 888 g/mol. The number of sulfonamides is 2. The maximum Gasteiger partial charge on any atom is 0.522 e. The molecule has 334 valence electrons. The Morgan fingerprint density at radius 2 is 1.48 bits per heavy atom. The average molecular weight is 889 g/mol. The summed E-state index contributed by atoms with van der Waals surface area (Å²) in [7, 11) is -7.82. The van der Waals surface area contributed by atoms with Crippen LogP contribution >= 0.6 is 0 Å². The molecular formula is C41H58B2N2O14S2. The number of hydrogen-bond acceptors (Lipinski definition) is 13. The van der Waals surface area contributed by atoms with Gasteiger partial charge in [-0.15, -0.1) is 0 Å². The van der Waals surface area contributed by atoms with Crippen molar-refractivity contribution in [3.63, 3.8) is 0 Å². The molecule has 61 heavy (non-hydrogen) atoms. The minimum absolute atomic E-state index is 0.114. The second-order valence-electron chi connectivity index (χ2n) is 19.1. The molecule has 3 aliphatic carbocycles. The van der Waals surface area contributed by atoms with E-state index in [1.54, 1.807) is 18.2 Å². The molecule has 0 spiro atoms. The molecule has 2 bridgehead atoms. The number of benzene rings is 2. The van der Waals surface area contributed by atoms with Crippen molar-refractivity contribution in [2.75, 3.05) is 38.7 Å². The molecule has 20 heteroatoms. The lowest BCUT2D eigenvalue weighted by molar-refractivity contribution is -0.199. The van der Waals surface area contributed by atoms with Gasteiger partial charge in [0.05, 0.1) is 50.4 Å². The van der Waals surface area contributed by atoms with Crippen molar-refractivity contribution in [2.45, 2.75) is 116 Å². The van der Waals surface area contributed by atoms with Crippen LogP contribution in [0.2, 0.25) is 12.6 Å². The van der Waals surface area contributed by atoms with Crippen LogP contribution < -0.4 is 14.1 Å². The molecule has 6 fully saturated rings. The fourth-order valence-corrected chi connectivity index (χ4v) is 11.3. The molecule has 0 amide bonds. The van der Waals surface area contributed by atoms with Crippen molar-refractivity contribution in [3.8, 4) is 17.2 Å². The minimum atomic E-state index is -3.26. The predicted molar refractivity (Wildman–Crippen MR) is 227 cm³/mol. The highest BCUT2D eigenvalue weighted by molar-refractivity contribution is 7.88.